The fourth-order valence-corrected chi connectivity index (χ4v) is 2.35. The van der Waals surface area contributed by atoms with Gasteiger partial charge in [-0.1, -0.05) is 19.3 Å². The number of nitrogens with two attached hydrogens (primary N) is 1. The van der Waals surface area contributed by atoms with E-state index >= 15 is 0 Å². The largest absolute Gasteiger partial charge is 0.508 e. The minimum Gasteiger partial charge on any atom is -0.508 e. The summed E-state index contributed by atoms with van der Waals surface area (Å²) in [6.07, 6.45) is 4.68. The van der Waals surface area contributed by atoms with Gasteiger partial charge in [0, 0.05) is 11.3 Å². The monoisotopic (exact) mass is 207 g/mol. The van der Waals surface area contributed by atoms with Crippen molar-refractivity contribution in [3.63, 3.8) is 0 Å². The molecule has 1 fully saturated rings. The first-order valence-electron chi connectivity index (χ1n) is 5.43. The maximum absolute atomic E-state index is 10.5. The smallest absolute Gasteiger partial charge is 0.116 e. The number of phenolic OH excluding ortho intramolecular Hbond substituents is 1. The Labute approximate surface area is 89.5 Å². The second kappa shape index (κ2) is 3.74. The molecule has 3 heteroatoms. The van der Waals surface area contributed by atoms with Gasteiger partial charge in [-0.3, -0.25) is 0 Å². The molecule has 0 spiro atoms. The van der Waals surface area contributed by atoms with Crippen molar-refractivity contribution >= 4 is 5.69 Å². The van der Waals surface area contributed by atoms with Gasteiger partial charge in [-0.05, 0) is 31.0 Å². The molecule has 82 valence electrons. The SMILES string of the molecule is Nc1ccc(O)cc1C1(O)CCCCC1. The van der Waals surface area contributed by atoms with E-state index in [2.05, 4.69) is 0 Å². The third-order valence-corrected chi connectivity index (χ3v) is 3.22. The van der Waals surface area contributed by atoms with E-state index in [0.717, 1.165) is 25.7 Å². The Bertz CT molecular complexity index is 357. The molecule has 1 aromatic rings. The Kier molecular flexibility index (Phi) is 2.57. The van der Waals surface area contributed by atoms with Crippen LogP contribution < -0.4 is 5.73 Å². The van der Waals surface area contributed by atoms with Gasteiger partial charge in [0.25, 0.3) is 0 Å². The molecule has 0 radical (unpaired) electrons. The van der Waals surface area contributed by atoms with Crippen molar-refractivity contribution < 1.29 is 10.2 Å². The first-order chi connectivity index (χ1) is 7.12. The molecule has 0 bridgehead atoms. The predicted octanol–water partition coefficient (Wildman–Crippen LogP) is 2.13. The number of anilines is 1. The van der Waals surface area contributed by atoms with Crippen molar-refractivity contribution in [2.24, 2.45) is 0 Å². The van der Waals surface area contributed by atoms with Crippen LogP contribution in [0.4, 0.5) is 5.69 Å². The zero-order chi connectivity index (χ0) is 10.9. The molecule has 15 heavy (non-hydrogen) atoms. The van der Waals surface area contributed by atoms with Crippen molar-refractivity contribution in [1.29, 1.82) is 0 Å². The van der Waals surface area contributed by atoms with E-state index in [1.165, 1.54) is 6.42 Å². The van der Waals surface area contributed by atoms with Gasteiger partial charge < -0.3 is 15.9 Å². The lowest BCUT2D eigenvalue weighted by Gasteiger charge is -2.33. The van der Waals surface area contributed by atoms with E-state index in [1.807, 2.05) is 0 Å². The van der Waals surface area contributed by atoms with E-state index in [1.54, 1.807) is 18.2 Å². The van der Waals surface area contributed by atoms with Gasteiger partial charge >= 0.3 is 0 Å². The molecule has 0 unspecified atom stereocenters. The molecule has 1 saturated carbocycles. The number of nitrogen functional groups attached to an aromatic ring is 1. The minimum absolute atomic E-state index is 0.165. The predicted molar refractivity (Wildman–Crippen MR) is 59.5 cm³/mol. The number of phenols is 1. The van der Waals surface area contributed by atoms with Crippen LogP contribution in [0, 0.1) is 0 Å². The quantitative estimate of drug-likeness (QED) is 0.488. The summed E-state index contributed by atoms with van der Waals surface area (Å²) in [6, 6.07) is 4.78. The van der Waals surface area contributed by atoms with Crippen LogP contribution in [0.2, 0.25) is 0 Å². The van der Waals surface area contributed by atoms with Gasteiger partial charge in [-0.2, -0.15) is 0 Å². The summed E-state index contributed by atoms with van der Waals surface area (Å²) in [4.78, 5) is 0. The van der Waals surface area contributed by atoms with Gasteiger partial charge in [-0.15, -0.1) is 0 Å². The number of aromatic hydroxyl groups is 1. The summed E-state index contributed by atoms with van der Waals surface area (Å²) >= 11 is 0. The molecule has 1 aliphatic rings. The van der Waals surface area contributed by atoms with Gasteiger partial charge in [0.2, 0.25) is 0 Å². The molecule has 0 aliphatic heterocycles. The second-order valence-corrected chi connectivity index (χ2v) is 4.36. The molecule has 0 heterocycles. The minimum atomic E-state index is -0.832. The third kappa shape index (κ3) is 1.92. The number of hydrogen-bond acceptors (Lipinski definition) is 3. The van der Waals surface area contributed by atoms with E-state index < -0.39 is 5.60 Å². The summed E-state index contributed by atoms with van der Waals surface area (Å²) in [5, 5.41) is 19.9. The number of benzene rings is 1. The fourth-order valence-electron chi connectivity index (χ4n) is 2.35. The Morgan fingerprint density at radius 2 is 1.80 bits per heavy atom. The fraction of sp³-hybridized carbons (Fsp3) is 0.500. The van der Waals surface area contributed by atoms with E-state index in [9.17, 15) is 10.2 Å². The zero-order valence-corrected chi connectivity index (χ0v) is 8.74. The topological polar surface area (TPSA) is 66.5 Å². The van der Waals surface area contributed by atoms with Crippen LogP contribution in [-0.2, 0) is 5.60 Å². The van der Waals surface area contributed by atoms with E-state index in [-0.39, 0.29) is 5.75 Å². The Morgan fingerprint density at radius 3 is 2.47 bits per heavy atom. The van der Waals surface area contributed by atoms with Crippen LogP contribution in [-0.4, -0.2) is 10.2 Å². The first kappa shape index (κ1) is 10.3. The summed E-state index contributed by atoms with van der Waals surface area (Å²) in [6.45, 7) is 0. The highest BCUT2D eigenvalue weighted by molar-refractivity contribution is 5.53. The molecule has 0 saturated heterocycles. The molecular weight excluding hydrogens is 190 g/mol. The van der Waals surface area contributed by atoms with Crippen LogP contribution in [0.25, 0.3) is 0 Å². The molecule has 3 nitrogen and oxygen atoms in total. The van der Waals surface area contributed by atoms with E-state index in [0.29, 0.717) is 11.3 Å². The van der Waals surface area contributed by atoms with Crippen LogP contribution in [0.15, 0.2) is 18.2 Å². The molecular formula is C12H17NO2. The Hall–Kier alpha value is -1.22. The first-order valence-corrected chi connectivity index (χ1v) is 5.43. The lowest BCUT2D eigenvalue weighted by atomic mass is 9.79. The Morgan fingerprint density at radius 1 is 1.13 bits per heavy atom. The van der Waals surface area contributed by atoms with Crippen LogP contribution in [0.1, 0.15) is 37.7 Å². The second-order valence-electron chi connectivity index (χ2n) is 4.36. The summed E-state index contributed by atoms with van der Waals surface area (Å²) in [5.74, 6) is 0.165. The highest BCUT2D eigenvalue weighted by atomic mass is 16.3. The van der Waals surface area contributed by atoms with Crippen LogP contribution in [0.3, 0.4) is 0 Å². The van der Waals surface area contributed by atoms with Crippen LogP contribution >= 0.6 is 0 Å². The van der Waals surface area contributed by atoms with Gasteiger partial charge in [0.05, 0.1) is 5.60 Å². The van der Waals surface area contributed by atoms with Crippen molar-refractivity contribution in [2.45, 2.75) is 37.7 Å². The number of hydrogen-bond donors (Lipinski definition) is 3. The van der Waals surface area contributed by atoms with Crippen LogP contribution in [0.5, 0.6) is 5.75 Å². The molecule has 0 amide bonds. The summed E-state index contributed by atoms with van der Waals surface area (Å²) < 4.78 is 0. The normalized spacial score (nSPS) is 20.1. The van der Waals surface area contributed by atoms with E-state index in [4.69, 9.17) is 5.73 Å². The van der Waals surface area contributed by atoms with Crippen molar-refractivity contribution in [3.05, 3.63) is 23.8 Å². The molecule has 2 rings (SSSR count). The average molecular weight is 207 g/mol. The van der Waals surface area contributed by atoms with Gasteiger partial charge in [0.1, 0.15) is 5.75 Å². The third-order valence-electron chi connectivity index (χ3n) is 3.22. The maximum atomic E-state index is 10.5. The maximum Gasteiger partial charge on any atom is 0.116 e. The molecule has 1 aliphatic carbocycles. The van der Waals surface area contributed by atoms with Crippen molar-refractivity contribution in [1.82, 2.24) is 0 Å². The van der Waals surface area contributed by atoms with Gasteiger partial charge in [-0.25, -0.2) is 0 Å². The standard InChI is InChI=1S/C12H17NO2/c13-11-5-4-9(14)8-10(11)12(15)6-2-1-3-7-12/h4-5,8,14-15H,1-3,6-7,13H2. The number of rotatable bonds is 1. The van der Waals surface area contributed by atoms with Crippen molar-refractivity contribution in [2.75, 3.05) is 5.73 Å². The summed E-state index contributed by atoms with van der Waals surface area (Å²) in [5.41, 5.74) is 6.25. The molecule has 0 aromatic heterocycles. The molecule has 4 N–H and O–H groups in total. The van der Waals surface area contributed by atoms with Gasteiger partial charge in [0.15, 0.2) is 0 Å². The zero-order valence-electron chi connectivity index (χ0n) is 8.74. The van der Waals surface area contributed by atoms with Crippen molar-refractivity contribution in [3.8, 4) is 5.75 Å². The number of aliphatic hydroxyl groups is 1. The summed E-state index contributed by atoms with van der Waals surface area (Å²) in [7, 11) is 0. The average Bonchev–Trinajstić information content (AvgIpc) is 2.23. The highest BCUT2D eigenvalue weighted by Crippen LogP contribution is 2.40. The lowest BCUT2D eigenvalue weighted by Crippen LogP contribution is -2.29. The lowest BCUT2D eigenvalue weighted by molar-refractivity contribution is -0.0000846. The molecule has 1 aromatic carbocycles. The highest BCUT2D eigenvalue weighted by Gasteiger charge is 2.32. The molecule has 0 atom stereocenters. The Balaban J connectivity index is 2.38.